The standard InChI is InChI=1S/C36H34O8P2/c1-4-24-45(40-27-14-8-5-9-15-27)43-34-25-30(38-2)20-22-32(34)36(37)33-23-21-31(39-3)26-35(33)44-46(41-28-16-10-6-11-17-28)42-29-18-12-7-13-19-29/h5-23,25-26H,4,24H2,1-3H3. The van der Waals surface area contributed by atoms with E-state index in [1.807, 2.05) is 66.7 Å². The Kier molecular flexibility index (Phi) is 11.7. The monoisotopic (exact) mass is 656 g/mol. The second kappa shape index (κ2) is 16.5. The molecule has 5 aromatic carbocycles. The fourth-order valence-electron chi connectivity index (χ4n) is 4.20. The van der Waals surface area contributed by atoms with Crippen LogP contribution in [0.4, 0.5) is 0 Å². The quantitative estimate of drug-likeness (QED) is 0.0767. The number of para-hydroxylation sites is 3. The summed E-state index contributed by atoms with van der Waals surface area (Å²) in [5.41, 5.74) is 0.578. The molecule has 0 saturated heterocycles. The lowest BCUT2D eigenvalue weighted by atomic mass is 10.0. The van der Waals surface area contributed by atoms with E-state index in [1.165, 1.54) is 0 Å². The highest BCUT2D eigenvalue weighted by Gasteiger charge is 2.27. The van der Waals surface area contributed by atoms with Crippen LogP contribution in [0.2, 0.25) is 0 Å². The lowest BCUT2D eigenvalue weighted by Gasteiger charge is -2.21. The molecule has 0 aliphatic rings. The molecule has 5 aromatic rings. The van der Waals surface area contributed by atoms with E-state index in [2.05, 4.69) is 6.92 Å². The molecule has 8 nitrogen and oxygen atoms in total. The van der Waals surface area contributed by atoms with Crippen LogP contribution in [-0.4, -0.2) is 26.2 Å². The largest absolute Gasteiger partial charge is 0.530 e. The van der Waals surface area contributed by atoms with Gasteiger partial charge in [0.15, 0.2) is 0 Å². The Morgan fingerprint density at radius 3 is 1.39 bits per heavy atom. The van der Waals surface area contributed by atoms with Crippen molar-refractivity contribution in [2.45, 2.75) is 13.3 Å². The number of hydrogen-bond donors (Lipinski definition) is 0. The van der Waals surface area contributed by atoms with E-state index in [4.69, 9.17) is 32.1 Å². The SMILES string of the molecule is CCCP(Oc1ccccc1)Oc1cc(OC)ccc1C(=O)c1ccc(OC)cc1OP(Oc1ccccc1)Oc1ccccc1. The molecule has 46 heavy (non-hydrogen) atoms. The molecular formula is C36H34O8P2. The smallest absolute Gasteiger partial charge is 0.497 e. The van der Waals surface area contributed by atoms with Crippen LogP contribution in [-0.2, 0) is 0 Å². The topological polar surface area (TPSA) is 81.7 Å². The lowest BCUT2D eigenvalue weighted by molar-refractivity contribution is 0.103. The molecule has 0 aliphatic carbocycles. The van der Waals surface area contributed by atoms with E-state index in [-0.39, 0.29) is 17.1 Å². The molecule has 0 fully saturated rings. The van der Waals surface area contributed by atoms with Crippen LogP contribution in [0.3, 0.4) is 0 Å². The van der Waals surface area contributed by atoms with E-state index < -0.39 is 17.0 Å². The maximum absolute atomic E-state index is 14.3. The van der Waals surface area contributed by atoms with Crippen molar-refractivity contribution < 1.29 is 36.9 Å². The Labute approximate surface area is 271 Å². The Hall–Kier alpha value is -4.77. The molecule has 0 heterocycles. The van der Waals surface area contributed by atoms with Crippen molar-refractivity contribution in [2.75, 3.05) is 20.4 Å². The third kappa shape index (κ3) is 8.91. The summed E-state index contributed by atoms with van der Waals surface area (Å²) >= 11 is 0. The van der Waals surface area contributed by atoms with Gasteiger partial charge in [-0.2, -0.15) is 0 Å². The average molecular weight is 657 g/mol. The average Bonchev–Trinajstić information content (AvgIpc) is 3.09. The van der Waals surface area contributed by atoms with Gasteiger partial charge in [0.2, 0.25) is 5.78 Å². The molecule has 0 N–H and O–H groups in total. The molecule has 0 aromatic heterocycles. The van der Waals surface area contributed by atoms with Crippen molar-refractivity contribution in [1.82, 2.24) is 0 Å². The van der Waals surface area contributed by atoms with Gasteiger partial charge < -0.3 is 32.1 Å². The molecular weight excluding hydrogens is 622 g/mol. The Bertz CT molecular complexity index is 1650. The first-order valence-electron chi connectivity index (χ1n) is 14.6. The van der Waals surface area contributed by atoms with Crippen molar-refractivity contribution >= 4 is 22.8 Å². The second-order valence-electron chi connectivity index (χ2n) is 9.73. The Morgan fingerprint density at radius 1 is 0.522 bits per heavy atom. The van der Waals surface area contributed by atoms with Gasteiger partial charge in [-0.05, 0) is 67.1 Å². The van der Waals surface area contributed by atoms with E-state index >= 15 is 0 Å². The molecule has 10 heteroatoms. The minimum absolute atomic E-state index is 0.223. The van der Waals surface area contributed by atoms with Crippen molar-refractivity contribution in [3.05, 3.63) is 139 Å². The van der Waals surface area contributed by atoms with Crippen LogP contribution in [0.15, 0.2) is 127 Å². The van der Waals surface area contributed by atoms with Gasteiger partial charge in [-0.3, -0.25) is 4.79 Å². The molecule has 0 radical (unpaired) electrons. The van der Waals surface area contributed by atoms with E-state index in [1.54, 1.807) is 74.9 Å². The zero-order valence-electron chi connectivity index (χ0n) is 25.7. The summed E-state index contributed by atoms with van der Waals surface area (Å²) in [5.74, 6) is 3.05. The molecule has 5 rings (SSSR count). The summed E-state index contributed by atoms with van der Waals surface area (Å²) in [5, 5.41) is 0. The van der Waals surface area contributed by atoms with Gasteiger partial charge in [0.1, 0.15) is 40.2 Å². The molecule has 1 atom stereocenters. The summed E-state index contributed by atoms with van der Waals surface area (Å²) in [4.78, 5) is 14.3. The van der Waals surface area contributed by atoms with Crippen molar-refractivity contribution in [3.63, 3.8) is 0 Å². The number of rotatable bonds is 16. The first kappa shape index (κ1) is 32.6. The van der Waals surface area contributed by atoms with Crippen LogP contribution >= 0.6 is 17.0 Å². The van der Waals surface area contributed by atoms with Crippen LogP contribution in [0.1, 0.15) is 29.3 Å². The highest BCUT2D eigenvalue weighted by molar-refractivity contribution is 7.48. The minimum atomic E-state index is -2.06. The molecule has 0 saturated carbocycles. The van der Waals surface area contributed by atoms with Gasteiger partial charge in [-0.1, -0.05) is 61.5 Å². The Balaban J connectivity index is 1.49. The second-order valence-corrected chi connectivity index (χ2v) is 12.2. The normalized spacial score (nSPS) is 11.3. The number of hydrogen-bond acceptors (Lipinski definition) is 8. The molecule has 0 bridgehead atoms. The van der Waals surface area contributed by atoms with Crippen molar-refractivity contribution in [3.8, 4) is 40.2 Å². The number of benzene rings is 5. The number of methoxy groups -OCH3 is 2. The Morgan fingerprint density at radius 2 is 0.957 bits per heavy atom. The zero-order chi connectivity index (χ0) is 32.1. The summed E-state index contributed by atoms with van der Waals surface area (Å²) in [7, 11) is -0.371. The number of ether oxygens (including phenoxy) is 2. The van der Waals surface area contributed by atoms with E-state index in [0.717, 1.165) is 6.42 Å². The lowest BCUT2D eigenvalue weighted by Crippen LogP contribution is -2.10. The predicted octanol–water partition coefficient (Wildman–Crippen LogP) is 9.88. The van der Waals surface area contributed by atoms with Crippen molar-refractivity contribution in [2.24, 2.45) is 0 Å². The maximum atomic E-state index is 14.3. The van der Waals surface area contributed by atoms with Gasteiger partial charge in [0.25, 0.3) is 8.38 Å². The summed E-state index contributed by atoms with van der Waals surface area (Å²) in [6.45, 7) is 2.05. The van der Waals surface area contributed by atoms with Crippen LogP contribution in [0.5, 0.6) is 40.2 Å². The fraction of sp³-hybridized carbons (Fsp3) is 0.139. The highest BCUT2D eigenvalue weighted by Crippen LogP contribution is 2.46. The molecule has 0 aliphatic heterocycles. The number of carbonyl (C=O) groups is 1. The predicted molar refractivity (Wildman–Crippen MR) is 181 cm³/mol. The van der Waals surface area contributed by atoms with Gasteiger partial charge in [-0.15, -0.1) is 0 Å². The fourth-order valence-corrected chi connectivity index (χ4v) is 6.53. The van der Waals surface area contributed by atoms with E-state index in [9.17, 15) is 4.79 Å². The third-order valence-electron chi connectivity index (χ3n) is 6.44. The molecule has 0 amide bonds. The van der Waals surface area contributed by atoms with Gasteiger partial charge in [0, 0.05) is 18.3 Å². The minimum Gasteiger partial charge on any atom is -0.497 e. The highest BCUT2D eigenvalue weighted by atomic mass is 31.2. The maximum Gasteiger partial charge on any atom is 0.530 e. The summed E-state index contributed by atoms with van der Waals surface area (Å²) < 4.78 is 42.2. The summed E-state index contributed by atoms with van der Waals surface area (Å²) in [6.07, 6.45) is 1.48. The first-order valence-corrected chi connectivity index (χ1v) is 17.1. The number of ketones is 1. The molecule has 0 spiro atoms. The number of carbonyl (C=O) groups excluding carboxylic acids is 1. The zero-order valence-corrected chi connectivity index (χ0v) is 27.5. The molecule has 236 valence electrons. The van der Waals surface area contributed by atoms with Crippen LogP contribution < -0.4 is 32.1 Å². The van der Waals surface area contributed by atoms with Gasteiger partial charge in [0.05, 0.1) is 25.3 Å². The molecule has 1 unspecified atom stereocenters. The van der Waals surface area contributed by atoms with Gasteiger partial charge in [-0.25, -0.2) is 0 Å². The van der Waals surface area contributed by atoms with Crippen molar-refractivity contribution in [1.29, 1.82) is 0 Å². The van der Waals surface area contributed by atoms with E-state index in [0.29, 0.717) is 46.2 Å². The van der Waals surface area contributed by atoms with Gasteiger partial charge >= 0.3 is 8.60 Å². The summed E-state index contributed by atoms with van der Waals surface area (Å²) in [6, 6.07) is 38.0. The first-order chi connectivity index (χ1) is 22.6. The third-order valence-corrected chi connectivity index (χ3v) is 9.14. The van der Waals surface area contributed by atoms with Crippen LogP contribution in [0.25, 0.3) is 0 Å². The van der Waals surface area contributed by atoms with Crippen LogP contribution in [0, 0.1) is 0 Å².